The van der Waals surface area contributed by atoms with Crippen LogP contribution in [-0.4, -0.2) is 75.3 Å². The molecule has 0 saturated carbocycles. The van der Waals surface area contributed by atoms with Gasteiger partial charge in [0.25, 0.3) is 5.91 Å². The fraction of sp³-hybridized carbons (Fsp3) is 0.647. The summed E-state index contributed by atoms with van der Waals surface area (Å²) < 4.78 is 15.6. The van der Waals surface area contributed by atoms with Crippen molar-refractivity contribution in [2.45, 2.75) is 31.8 Å². The Morgan fingerprint density at radius 3 is 2.74 bits per heavy atom. The number of anilines is 1. The molecule has 9 nitrogen and oxygen atoms in total. The summed E-state index contributed by atoms with van der Waals surface area (Å²) in [5.74, 6) is 1.44. The molecule has 144 valence electrons. The molecule has 1 amide bonds. The molecule has 2 N–H and O–H groups in total. The van der Waals surface area contributed by atoms with E-state index in [1.165, 1.54) is 0 Å². The molecule has 0 spiro atoms. The lowest BCUT2D eigenvalue weighted by atomic mass is 10.0. The monoisotopic (exact) mass is 374 g/mol. The molecule has 5 atom stereocenters. The minimum absolute atomic E-state index is 0.278. The third-order valence-corrected chi connectivity index (χ3v) is 6.05. The minimum atomic E-state index is -1.47. The Bertz CT molecular complexity index is 844. The maximum absolute atomic E-state index is 13.9. The van der Waals surface area contributed by atoms with Gasteiger partial charge >= 0.3 is 0 Å². The highest BCUT2D eigenvalue weighted by Gasteiger charge is 2.45. The third kappa shape index (κ3) is 2.83. The van der Waals surface area contributed by atoms with Crippen molar-refractivity contribution in [3.05, 3.63) is 18.5 Å². The zero-order valence-electron chi connectivity index (χ0n) is 15.1. The summed E-state index contributed by atoms with van der Waals surface area (Å²) in [4.78, 5) is 16.4. The van der Waals surface area contributed by atoms with Gasteiger partial charge in [0.05, 0.1) is 6.04 Å². The van der Waals surface area contributed by atoms with E-state index in [0.29, 0.717) is 18.3 Å². The van der Waals surface area contributed by atoms with Crippen molar-refractivity contribution in [2.75, 3.05) is 31.1 Å². The number of aromatic nitrogens is 4. The van der Waals surface area contributed by atoms with Gasteiger partial charge in [0.1, 0.15) is 18.4 Å². The van der Waals surface area contributed by atoms with Gasteiger partial charge in [0.2, 0.25) is 0 Å². The topological polar surface area (TPSA) is 90.7 Å². The number of carbonyl (C=O) groups excluding carboxylic acids is 1. The number of hydrogen-bond acceptors (Lipinski definition) is 7. The molecule has 5 unspecified atom stereocenters. The molecule has 3 aliphatic rings. The van der Waals surface area contributed by atoms with Gasteiger partial charge in [-0.2, -0.15) is 4.52 Å². The first kappa shape index (κ1) is 16.8. The third-order valence-electron chi connectivity index (χ3n) is 6.05. The van der Waals surface area contributed by atoms with Crippen LogP contribution in [0.15, 0.2) is 18.5 Å². The first-order valence-electron chi connectivity index (χ1n) is 9.49. The molecule has 2 aromatic heterocycles. The van der Waals surface area contributed by atoms with E-state index in [9.17, 15) is 9.18 Å². The number of nitrogens with one attached hydrogen (secondary N) is 2. The van der Waals surface area contributed by atoms with E-state index in [1.54, 1.807) is 10.8 Å². The average molecular weight is 374 g/mol. The second-order valence-electron chi connectivity index (χ2n) is 7.70. The van der Waals surface area contributed by atoms with Crippen LogP contribution in [0.2, 0.25) is 0 Å². The van der Waals surface area contributed by atoms with Gasteiger partial charge < -0.3 is 10.2 Å². The average Bonchev–Trinajstić information content (AvgIpc) is 3.37. The van der Waals surface area contributed by atoms with Crippen LogP contribution in [0.5, 0.6) is 0 Å². The Morgan fingerprint density at radius 1 is 1.22 bits per heavy atom. The Balaban J connectivity index is 1.25. The maximum atomic E-state index is 13.9. The fourth-order valence-corrected chi connectivity index (χ4v) is 4.56. The van der Waals surface area contributed by atoms with Crippen LogP contribution in [-0.2, 0) is 4.79 Å². The van der Waals surface area contributed by atoms with Crippen molar-refractivity contribution >= 4 is 17.4 Å². The van der Waals surface area contributed by atoms with Crippen LogP contribution in [0.3, 0.4) is 0 Å². The lowest BCUT2D eigenvalue weighted by Gasteiger charge is -2.38. The highest BCUT2D eigenvalue weighted by molar-refractivity contribution is 5.82. The fourth-order valence-electron chi connectivity index (χ4n) is 4.56. The largest absolute Gasteiger partial charge is 0.355 e. The van der Waals surface area contributed by atoms with Crippen LogP contribution in [0.4, 0.5) is 10.2 Å². The zero-order chi connectivity index (χ0) is 18.5. The van der Waals surface area contributed by atoms with Gasteiger partial charge in [-0.1, -0.05) is 6.92 Å². The number of likely N-dealkylation sites (tertiary alicyclic amines) is 1. The van der Waals surface area contributed by atoms with Crippen LogP contribution in [0.25, 0.3) is 5.65 Å². The molecule has 3 fully saturated rings. The van der Waals surface area contributed by atoms with Gasteiger partial charge in [-0.05, 0) is 30.4 Å². The number of rotatable bonds is 3. The number of hydrogen-bond donors (Lipinski definition) is 2. The maximum Gasteiger partial charge on any atom is 0.258 e. The van der Waals surface area contributed by atoms with Crippen LogP contribution in [0.1, 0.15) is 13.3 Å². The Hall–Kier alpha value is -2.33. The normalized spacial score (nSPS) is 34.2. The van der Waals surface area contributed by atoms with E-state index in [4.69, 9.17) is 0 Å². The summed E-state index contributed by atoms with van der Waals surface area (Å²) in [6, 6.07) is 3.49. The summed E-state index contributed by atoms with van der Waals surface area (Å²) in [6.07, 6.45) is 0.455. The van der Waals surface area contributed by atoms with Gasteiger partial charge in [0.15, 0.2) is 11.8 Å². The lowest BCUT2D eigenvalue weighted by Crippen LogP contribution is -2.67. The number of nitrogens with zero attached hydrogens (tertiary/aromatic N) is 6. The van der Waals surface area contributed by atoms with Gasteiger partial charge in [-0.3, -0.25) is 15.0 Å². The Morgan fingerprint density at radius 2 is 2.00 bits per heavy atom. The molecule has 27 heavy (non-hydrogen) atoms. The molecule has 0 bridgehead atoms. The summed E-state index contributed by atoms with van der Waals surface area (Å²) in [5.41, 5.74) is 0.736. The van der Waals surface area contributed by atoms with Crippen molar-refractivity contribution in [1.29, 1.82) is 0 Å². The van der Waals surface area contributed by atoms with Crippen LogP contribution < -0.4 is 15.5 Å². The van der Waals surface area contributed by atoms with Gasteiger partial charge in [0, 0.05) is 26.2 Å². The van der Waals surface area contributed by atoms with Gasteiger partial charge in [-0.25, -0.2) is 4.39 Å². The molecule has 5 heterocycles. The molecule has 5 rings (SSSR count). The van der Waals surface area contributed by atoms with E-state index in [2.05, 4.69) is 35.7 Å². The number of fused-ring (bicyclic) bond motifs is 2. The predicted octanol–water partition coefficient (Wildman–Crippen LogP) is -0.388. The van der Waals surface area contributed by atoms with Crippen LogP contribution in [0, 0.1) is 11.8 Å². The SMILES string of the molecule is CCC1NC(N2CC3CN(c4ccc5nncn5n4)CC3C2)NC(=O)C1F. The summed E-state index contributed by atoms with van der Waals surface area (Å²) in [7, 11) is 0. The van der Waals surface area contributed by atoms with E-state index >= 15 is 0 Å². The summed E-state index contributed by atoms with van der Waals surface area (Å²) >= 11 is 0. The zero-order valence-corrected chi connectivity index (χ0v) is 15.1. The number of carbonyl (C=O) groups is 1. The smallest absolute Gasteiger partial charge is 0.258 e. The minimum Gasteiger partial charge on any atom is -0.355 e. The molecule has 10 heteroatoms. The number of alkyl halides is 1. The molecule has 0 aromatic carbocycles. The molecule has 0 radical (unpaired) electrons. The highest BCUT2D eigenvalue weighted by Crippen LogP contribution is 2.34. The summed E-state index contributed by atoms with van der Waals surface area (Å²) in [6.45, 7) is 5.50. The molecule has 3 saturated heterocycles. The van der Waals surface area contributed by atoms with Crippen LogP contribution >= 0.6 is 0 Å². The molecule has 0 aliphatic carbocycles. The van der Waals surface area contributed by atoms with E-state index in [1.807, 2.05) is 19.1 Å². The molecular formula is C17H23FN8O. The van der Waals surface area contributed by atoms with E-state index in [-0.39, 0.29) is 6.29 Å². The lowest BCUT2D eigenvalue weighted by molar-refractivity contribution is -0.133. The van der Waals surface area contributed by atoms with Crippen molar-refractivity contribution < 1.29 is 9.18 Å². The van der Waals surface area contributed by atoms with Crippen molar-refractivity contribution in [1.82, 2.24) is 35.3 Å². The molecule has 2 aromatic rings. The Labute approximate surface area is 155 Å². The second kappa shape index (κ2) is 6.38. The van der Waals surface area contributed by atoms with Crippen molar-refractivity contribution in [3.8, 4) is 0 Å². The van der Waals surface area contributed by atoms with E-state index in [0.717, 1.165) is 37.6 Å². The Kier molecular flexibility index (Phi) is 3.97. The van der Waals surface area contributed by atoms with Crippen molar-refractivity contribution in [3.63, 3.8) is 0 Å². The summed E-state index contributed by atoms with van der Waals surface area (Å²) in [5, 5.41) is 18.5. The standard InChI is InChI=1S/C17H23FN8O/c1-2-12-15(18)16(27)21-17(20-12)25-7-10-5-24(6-11(10)8-25)14-4-3-13-22-19-9-26(13)23-14/h3-4,9-12,15,17,20H,2,5-8H2,1H3,(H,21,27). The van der Waals surface area contributed by atoms with Gasteiger partial charge in [-0.15, -0.1) is 15.3 Å². The predicted molar refractivity (Wildman–Crippen MR) is 95.6 cm³/mol. The molecular weight excluding hydrogens is 351 g/mol. The number of halogens is 1. The molecule has 3 aliphatic heterocycles. The van der Waals surface area contributed by atoms with Crippen molar-refractivity contribution in [2.24, 2.45) is 11.8 Å². The first-order chi connectivity index (χ1) is 13.1. The van der Waals surface area contributed by atoms with E-state index < -0.39 is 18.1 Å². The quantitative estimate of drug-likeness (QED) is 0.756. The second-order valence-corrected chi connectivity index (χ2v) is 7.70. The highest BCUT2D eigenvalue weighted by atomic mass is 19.1. The number of amides is 1. The first-order valence-corrected chi connectivity index (χ1v) is 9.49.